The first kappa shape index (κ1) is 11.5. The number of methoxy groups -OCH3 is 1. The molecule has 0 aliphatic heterocycles. The van der Waals surface area contributed by atoms with Gasteiger partial charge in [-0.3, -0.25) is 4.79 Å². The molecule has 1 heterocycles. The molecule has 5 nitrogen and oxygen atoms in total. The summed E-state index contributed by atoms with van der Waals surface area (Å²) in [6, 6.07) is 3.27. The molecule has 82 valence electrons. The second-order valence-electron chi connectivity index (χ2n) is 3.12. The normalized spacial score (nSPS) is 11.9. The first-order valence-corrected chi connectivity index (χ1v) is 4.60. The van der Waals surface area contributed by atoms with E-state index in [1.807, 2.05) is 0 Å². The number of hydrogen-bond acceptors (Lipinski definition) is 4. The number of rotatable bonds is 4. The number of ether oxygens (including phenoxy) is 1. The summed E-state index contributed by atoms with van der Waals surface area (Å²) in [5.74, 6) is -0.0264. The number of nitrogens with one attached hydrogen (secondary N) is 1. The van der Waals surface area contributed by atoms with Gasteiger partial charge in [0.1, 0.15) is 5.56 Å². The highest BCUT2D eigenvalue weighted by atomic mass is 16.5. The first-order valence-electron chi connectivity index (χ1n) is 4.60. The maximum atomic E-state index is 11.6. The van der Waals surface area contributed by atoms with Crippen LogP contribution in [0.25, 0.3) is 0 Å². The summed E-state index contributed by atoms with van der Waals surface area (Å²) in [5.41, 5.74) is 0.362. The highest BCUT2D eigenvalue weighted by Gasteiger charge is 2.12. The van der Waals surface area contributed by atoms with E-state index >= 15 is 0 Å². The average Bonchev–Trinajstić information content (AvgIpc) is 2.25. The Morgan fingerprint density at radius 1 is 1.73 bits per heavy atom. The molecule has 0 aliphatic carbocycles. The summed E-state index contributed by atoms with van der Waals surface area (Å²) < 4.78 is 4.94. The summed E-state index contributed by atoms with van der Waals surface area (Å²) in [6.07, 6.45) is 0.973. The van der Waals surface area contributed by atoms with Crippen molar-refractivity contribution in [2.24, 2.45) is 0 Å². The lowest BCUT2D eigenvalue weighted by Crippen LogP contribution is -2.30. The van der Waals surface area contributed by atoms with Crippen LogP contribution in [0.4, 0.5) is 0 Å². The fourth-order valence-corrected chi connectivity index (χ4v) is 1.06. The molecule has 5 heteroatoms. The molecule has 1 rings (SSSR count). The number of aliphatic hydroxyl groups excluding tert-OH is 1. The molecule has 0 saturated carbocycles. The number of pyridine rings is 1. The van der Waals surface area contributed by atoms with Crippen molar-refractivity contribution in [2.45, 2.75) is 13.0 Å². The van der Waals surface area contributed by atoms with Crippen LogP contribution < -0.4 is 10.1 Å². The van der Waals surface area contributed by atoms with E-state index in [0.29, 0.717) is 5.56 Å². The maximum absolute atomic E-state index is 11.6. The third-order valence-corrected chi connectivity index (χ3v) is 1.77. The van der Waals surface area contributed by atoms with Crippen molar-refractivity contribution in [2.75, 3.05) is 13.7 Å². The third-order valence-electron chi connectivity index (χ3n) is 1.77. The standard InChI is InChI=1S/C10H14N2O3/c1-7(13)6-12-9(14)8-4-3-5-11-10(8)15-2/h3-5,7,13H,6H2,1-2H3,(H,12,14)/t7-/m0/s1. The lowest BCUT2D eigenvalue weighted by Gasteiger charge is -2.09. The lowest BCUT2D eigenvalue weighted by molar-refractivity contribution is 0.0920. The minimum absolute atomic E-state index is 0.205. The molecule has 0 spiro atoms. The minimum Gasteiger partial charge on any atom is -0.480 e. The van der Waals surface area contributed by atoms with Gasteiger partial charge < -0.3 is 15.2 Å². The largest absolute Gasteiger partial charge is 0.480 e. The van der Waals surface area contributed by atoms with Gasteiger partial charge in [-0.15, -0.1) is 0 Å². The van der Waals surface area contributed by atoms with E-state index in [1.165, 1.54) is 7.11 Å². The number of aliphatic hydroxyl groups is 1. The van der Waals surface area contributed by atoms with Crippen LogP contribution in [0.15, 0.2) is 18.3 Å². The van der Waals surface area contributed by atoms with Gasteiger partial charge in [-0.1, -0.05) is 0 Å². The van der Waals surface area contributed by atoms with Gasteiger partial charge in [-0.25, -0.2) is 4.98 Å². The highest BCUT2D eigenvalue weighted by Crippen LogP contribution is 2.12. The lowest BCUT2D eigenvalue weighted by atomic mass is 10.2. The molecule has 1 atom stereocenters. The fourth-order valence-electron chi connectivity index (χ4n) is 1.06. The Hall–Kier alpha value is -1.62. The zero-order valence-corrected chi connectivity index (χ0v) is 8.73. The van der Waals surface area contributed by atoms with Gasteiger partial charge in [-0.05, 0) is 19.1 Å². The van der Waals surface area contributed by atoms with Crippen molar-refractivity contribution < 1.29 is 14.6 Å². The van der Waals surface area contributed by atoms with E-state index in [0.717, 1.165) is 0 Å². The molecule has 0 radical (unpaired) electrons. The summed E-state index contributed by atoms with van der Waals surface area (Å²) in [5, 5.41) is 11.6. The number of aromatic nitrogens is 1. The second kappa shape index (κ2) is 5.31. The molecule has 0 unspecified atom stereocenters. The van der Waals surface area contributed by atoms with Gasteiger partial charge in [0.2, 0.25) is 5.88 Å². The zero-order valence-electron chi connectivity index (χ0n) is 8.73. The van der Waals surface area contributed by atoms with Gasteiger partial charge in [0, 0.05) is 12.7 Å². The van der Waals surface area contributed by atoms with Crippen molar-refractivity contribution in [1.29, 1.82) is 0 Å². The molecule has 0 bridgehead atoms. The van der Waals surface area contributed by atoms with Gasteiger partial charge in [0.15, 0.2) is 0 Å². The molecule has 0 fully saturated rings. The predicted octanol–water partition coefficient (Wildman–Crippen LogP) is 0.201. The van der Waals surface area contributed by atoms with Crippen LogP contribution in [-0.2, 0) is 0 Å². The Kier molecular flexibility index (Phi) is 4.05. The molecular weight excluding hydrogens is 196 g/mol. The average molecular weight is 210 g/mol. The topological polar surface area (TPSA) is 71.5 Å². The van der Waals surface area contributed by atoms with E-state index in [4.69, 9.17) is 9.84 Å². The Morgan fingerprint density at radius 2 is 2.47 bits per heavy atom. The van der Waals surface area contributed by atoms with Crippen LogP contribution in [0.3, 0.4) is 0 Å². The van der Waals surface area contributed by atoms with Crippen LogP contribution in [-0.4, -0.2) is 35.8 Å². The van der Waals surface area contributed by atoms with Crippen LogP contribution in [0, 0.1) is 0 Å². The van der Waals surface area contributed by atoms with Crippen molar-refractivity contribution >= 4 is 5.91 Å². The van der Waals surface area contributed by atoms with Crippen LogP contribution in [0.1, 0.15) is 17.3 Å². The summed E-state index contributed by atoms with van der Waals surface area (Å²) in [6.45, 7) is 1.80. The van der Waals surface area contributed by atoms with Crippen LogP contribution in [0.2, 0.25) is 0 Å². The van der Waals surface area contributed by atoms with Crippen molar-refractivity contribution in [3.63, 3.8) is 0 Å². The van der Waals surface area contributed by atoms with E-state index in [2.05, 4.69) is 10.3 Å². The van der Waals surface area contributed by atoms with Gasteiger partial charge >= 0.3 is 0 Å². The fraction of sp³-hybridized carbons (Fsp3) is 0.400. The molecular formula is C10H14N2O3. The molecule has 1 aromatic heterocycles. The van der Waals surface area contributed by atoms with Gasteiger partial charge in [-0.2, -0.15) is 0 Å². The van der Waals surface area contributed by atoms with E-state index in [9.17, 15) is 4.79 Å². The van der Waals surface area contributed by atoms with Crippen LogP contribution >= 0.6 is 0 Å². The summed E-state index contributed by atoms with van der Waals surface area (Å²) in [7, 11) is 1.45. The number of amides is 1. The smallest absolute Gasteiger partial charge is 0.256 e. The molecule has 15 heavy (non-hydrogen) atoms. The van der Waals surface area contributed by atoms with Crippen molar-refractivity contribution in [1.82, 2.24) is 10.3 Å². The summed E-state index contributed by atoms with van der Waals surface area (Å²) in [4.78, 5) is 15.5. The van der Waals surface area contributed by atoms with Crippen molar-refractivity contribution in [3.8, 4) is 5.88 Å². The first-order chi connectivity index (χ1) is 7.15. The Labute approximate surface area is 88.1 Å². The second-order valence-corrected chi connectivity index (χ2v) is 3.12. The third kappa shape index (κ3) is 3.21. The summed E-state index contributed by atoms with van der Waals surface area (Å²) >= 11 is 0. The molecule has 1 aromatic rings. The molecule has 2 N–H and O–H groups in total. The molecule has 1 amide bonds. The van der Waals surface area contributed by atoms with Crippen LogP contribution in [0.5, 0.6) is 5.88 Å². The van der Waals surface area contributed by atoms with E-state index in [1.54, 1.807) is 25.3 Å². The number of hydrogen-bond donors (Lipinski definition) is 2. The molecule has 0 aliphatic rings. The zero-order chi connectivity index (χ0) is 11.3. The molecule has 0 aromatic carbocycles. The van der Waals surface area contributed by atoms with E-state index in [-0.39, 0.29) is 18.3 Å². The van der Waals surface area contributed by atoms with Crippen molar-refractivity contribution in [3.05, 3.63) is 23.9 Å². The Bertz CT molecular complexity index is 339. The number of nitrogens with zero attached hydrogens (tertiary/aromatic N) is 1. The predicted molar refractivity (Wildman–Crippen MR) is 54.8 cm³/mol. The number of carbonyl (C=O) groups is 1. The maximum Gasteiger partial charge on any atom is 0.256 e. The molecule has 0 saturated heterocycles. The monoisotopic (exact) mass is 210 g/mol. The SMILES string of the molecule is COc1ncccc1C(=O)NC[C@H](C)O. The minimum atomic E-state index is -0.573. The Morgan fingerprint density at radius 3 is 3.07 bits per heavy atom. The Balaban J connectivity index is 2.72. The highest BCUT2D eigenvalue weighted by molar-refractivity contribution is 5.96. The van der Waals surface area contributed by atoms with Gasteiger partial charge in [0.05, 0.1) is 13.2 Å². The number of carbonyl (C=O) groups excluding carboxylic acids is 1. The quantitative estimate of drug-likeness (QED) is 0.744. The van der Waals surface area contributed by atoms with E-state index < -0.39 is 6.10 Å². The van der Waals surface area contributed by atoms with Gasteiger partial charge in [0.25, 0.3) is 5.91 Å².